The summed E-state index contributed by atoms with van der Waals surface area (Å²) in [5.74, 6) is -0.756. The predicted octanol–water partition coefficient (Wildman–Crippen LogP) is 1.35. The van der Waals surface area contributed by atoms with Crippen LogP contribution in [0.15, 0.2) is 30.1 Å². The molecule has 3 rings (SSSR count). The molecule has 0 aliphatic carbocycles. The van der Waals surface area contributed by atoms with Crippen LogP contribution in [-0.2, 0) is 0 Å². The Bertz CT molecular complexity index is 677. The quantitative estimate of drug-likeness (QED) is 0.740. The Morgan fingerprint density at radius 2 is 2.35 bits per heavy atom. The third-order valence-corrected chi connectivity index (χ3v) is 3.37. The summed E-state index contributed by atoms with van der Waals surface area (Å²) in [6.07, 6.45) is 4.44. The highest BCUT2D eigenvalue weighted by atomic mass is 19.1. The van der Waals surface area contributed by atoms with E-state index in [-0.39, 0.29) is 11.5 Å². The van der Waals surface area contributed by atoms with Crippen molar-refractivity contribution in [1.29, 1.82) is 0 Å². The number of H-pyrrole nitrogens is 1. The SMILES string of the molecule is O=C(NCC1=CCNCC1)c1cc(F)cc2[nH]cnc12. The predicted molar refractivity (Wildman–Crippen MR) is 74.0 cm³/mol. The molecule has 6 heteroatoms. The van der Waals surface area contributed by atoms with E-state index in [0.717, 1.165) is 19.5 Å². The van der Waals surface area contributed by atoms with Crippen molar-refractivity contribution in [3.05, 3.63) is 41.5 Å². The van der Waals surface area contributed by atoms with Crippen LogP contribution >= 0.6 is 0 Å². The zero-order chi connectivity index (χ0) is 13.9. The van der Waals surface area contributed by atoms with Crippen LogP contribution in [0.1, 0.15) is 16.8 Å². The summed E-state index contributed by atoms with van der Waals surface area (Å²) >= 11 is 0. The van der Waals surface area contributed by atoms with Crippen LogP contribution in [0, 0.1) is 5.82 Å². The number of benzene rings is 1. The van der Waals surface area contributed by atoms with Gasteiger partial charge in [-0.05, 0) is 25.1 Å². The molecule has 1 aliphatic heterocycles. The number of nitrogens with one attached hydrogen (secondary N) is 3. The largest absolute Gasteiger partial charge is 0.348 e. The number of hydrogen-bond acceptors (Lipinski definition) is 3. The van der Waals surface area contributed by atoms with E-state index in [1.807, 2.05) is 0 Å². The van der Waals surface area contributed by atoms with E-state index in [9.17, 15) is 9.18 Å². The maximum atomic E-state index is 13.5. The minimum Gasteiger partial charge on any atom is -0.348 e. The zero-order valence-corrected chi connectivity index (χ0v) is 10.9. The molecule has 0 saturated carbocycles. The van der Waals surface area contributed by atoms with Crippen molar-refractivity contribution < 1.29 is 9.18 Å². The van der Waals surface area contributed by atoms with Crippen molar-refractivity contribution in [2.24, 2.45) is 0 Å². The molecule has 0 spiro atoms. The molecule has 3 N–H and O–H groups in total. The molecule has 104 valence electrons. The number of fused-ring (bicyclic) bond motifs is 1. The third kappa shape index (κ3) is 2.55. The van der Waals surface area contributed by atoms with Crippen LogP contribution in [0.3, 0.4) is 0 Å². The Hall–Kier alpha value is -2.21. The van der Waals surface area contributed by atoms with Gasteiger partial charge in [-0.15, -0.1) is 0 Å². The van der Waals surface area contributed by atoms with E-state index in [0.29, 0.717) is 17.6 Å². The van der Waals surface area contributed by atoms with E-state index in [2.05, 4.69) is 26.7 Å². The average molecular weight is 274 g/mol. The maximum absolute atomic E-state index is 13.5. The van der Waals surface area contributed by atoms with E-state index >= 15 is 0 Å². The Labute approximate surface area is 115 Å². The van der Waals surface area contributed by atoms with Crippen molar-refractivity contribution in [3.63, 3.8) is 0 Å². The van der Waals surface area contributed by atoms with Gasteiger partial charge in [0.1, 0.15) is 11.3 Å². The molecule has 0 atom stereocenters. The molecular weight excluding hydrogens is 259 g/mol. The lowest BCUT2D eigenvalue weighted by Gasteiger charge is -2.14. The first-order valence-corrected chi connectivity index (χ1v) is 6.53. The van der Waals surface area contributed by atoms with Crippen molar-refractivity contribution in [3.8, 4) is 0 Å². The van der Waals surface area contributed by atoms with Gasteiger partial charge in [-0.1, -0.05) is 11.6 Å². The number of carbonyl (C=O) groups excluding carboxylic acids is 1. The molecule has 1 amide bonds. The Kier molecular flexibility index (Phi) is 3.47. The molecule has 2 aromatic rings. The van der Waals surface area contributed by atoms with E-state index < -0.39 is 5.82 Å². The highest BCUT2D eigenvalue weighted by Gasteiger charge is 2.14. The fourth-order valence-corrected chi connectivity index (χ4v) is 2.31. The minimum atomic E-state index is -0.451. The van der Waals surface area contributed by atoms with Gasteiger partial charge >= 0.3 is 0 Å². The average Bonchev–Trinajstić information content (AvgIpc) is 2.93. The number of hydrogen-bond donors (Lipinski definition) is 3. The monoisotopic (exact) mass is 274 g/mol. The first-order valence-electron chi connectivity index (χ1n) is 6.53. The summed E-state index contributed by atoms with van der Waals surface area (Å²) in [5, 5.41) is 6.03. The lowest BCUT2D eigenvalue weighted by atomic mass is 10.1. The van der Waals surface area contributed by atoms with E-state index in [1.54, 1.807) is 0 Å². The van der Waals surface area contributed by atoms with Gasteiger partial charge in [0.2, 0.25) is 0 Å². The highest BCUT2D eigenvalue weighted by molar-refractivity contribution is 6.04. The van der Waals surface area contributed by atoms with Crippen molar-refractivity contribution in [2.45, 2.75) is 6.42 Å². The molecule has 1 aliphatic rings. The van der Waals surface area contributed by atoms with Crippen LogP contribution in [-0.4, -0.2) is 35.5 Å². The number of carbonyl (C=O) groups is 1. The lowest BCUT2D eigenvalue weighted by Crippen LogP contribution is -2.29. The summed E-state index contributed by atoms with van der Waals surface area (Å²) in [6, 6.07) is 2.55. The van der Waals surface area contributed by atoms with Gasteiger partial charge in [-0.2, -0.15) is 0 Å². The van der Waals surface area contributed by atoms with Crippen molar-refractivity contribution >= 4 is 16.9 Å². The van der Waals surface area contributed by atoms with Crippen LogP contribution in [0.5, 0.6) is 0 Å². The number of rotatable bonds is 3. The van der Waals surface area contributed by atoms with E-state index in [4.69, 9.17) is 0 Å². The number of imidazole rings is 1. The second-order valence-corrected chi connectivity index (χ2v) is 4.75. The van der Waals surface area contributed by atoms with Gasteiger partial charge in [0, 0.05) is 13.1 Å². The molecule has 0 unspecified atom stereocenters. The van der Waals surface area contributed by atoms with Crippen LogP contribution < -0.4 is 10.6 Å². The number of aromatic amines is 1. The lowest BCUT2D eigenvalue weighted by molar-refractivity contribution is 0.0957. The maximum Gasteiger partial charge on any atom is 0.253 e. The van der Waals surface area contributed by atoms with Crippen molar-refractivity contribution in [2.75, 3.05) is 19.6 Å². The van der Waals surface area contributed by atoms with E-state index in [1.165, 1.54) is 24.0 Å². The van der Waals surface area contributed by atoms with Gasteiger partial charge in [-0.3, -0.25) is 4.79 Å². The zero-order valence-electron chi connectivity index (χ0n) is 10.9. The van der Waals surface area contributed by atoms with Gasteiger partial charge < -0.3 is 15.6 Å². The summed E-state index contributed by atoms with van der Waals surface area (Å²) in [7, 11) is 0. The molecule has 2 heterocycles. The molecule has 0 bridgehead atoms. The highest BCUT2D eigenvalue weighted by Crippen LogP contribution is 2.17. The number of nitrogens with zero attached hydrogens (tertiary/aromatic N) is 1. The van der Waals surface area contributed by atoms with Gasteiger partial charge in [0.15, 0.2) is 0 Å². The topological polar surface area (TPSA) is 69.8 Å². The number of amides is 1. The van der Waals surface area contributed by atoms with Crippen LogP contribution in [0.4, 0.5) is 4.39 Å². The van der Waals surface area contributed by atoms with Crippen molar-refractivity contribution in [1.82, 2.24) is 20.6 Å². The Morgan fingerprint density at radius 1 is 1.45 bits per heavy atom. The van der Waals surface area contributed by atoms with Crippen LogP contribution in [0.25, 0.3) is 11.0 Å². The molecule has 0 radical (unpaired) electrons. The number of halogens is 1. The molecular formula is C14H15FN4O. The van der Waals surface area contributed by atoms with Gasteiger partial charge in [0.25, 0.3) is 5.91 Å². The minimum absolute atomic E-state index is 0.260. The fraction of sp³-hybridized carbons (Fsp3) is 0.286. The summed E-state index contributed by atoms with van der Waals surface area (Å²) < 4.78 is 13.5. The molecule has 0 saturated heterocycles. The standard InChI is InChI=1S/C14H15FN4O/c15-10-5-11(13-12(6-10)18-8-19-13)14(20)17-7-9-1-3-16-4-2-9/h1,5-6,8,16H,2-4,7H2,(H,17,20)(H,18,19). The number of aromatic nitrogens is 2. The van der Waals surface area contributed by atoms with Gasteiger partial charge in [0.05, 0.1) is 17.4 Å². The summed E-state index contributed by atoms with van der Waals surface area (Å²) in [6.45, 7) is 2.24. The summed E-state index contributed by atoms with van der Waals surface area (Å²) in [5.41, 5.74) is 2.46. The fourth-order valence-electron chi connectivity index (χ4n) is 2.31. The molecule has 0 fully saturated rings. The Balaban J connectivity index is 1.78. The van der Waals surface area contributed by atoms with Crippen LogP contribution in [0.2, 0.25) is 0 Å². The molecule has 1 aromatic heterocycles. The molecule has 5 nitrogen and oxygen atoms in total. The second-order valence-electron chi connectivity index (χ2n) is 4.75. The summed E-state index contributed by atoms with van der Waals surface area (Å²) in [4.78, 5) is 19.1. The first kappa shape index (κ1) is 12.8. The Morgan fingerprint density at radius 3 is 3.15 bits per heavy atom. The third-order valence-electron chi connectivity index (χ3n) is 3.37. The molecule has 1 aromatic carbocycles. The molecule has 20 heavy (non-hydrogen) atoms. The normalized spacial score (nSPS) is 15.2. The smallest absolute Gasteiger partial charge is 0.253 e. The van der Waals surface area contributed by atoms with Gasteiger partial charge in [-0.25, -0.2) is 9.37 Å². The second kappa shape index (κ2) is 5.42. The first-order chi connectivity index (χ1) is 9.74.